The van der Waals surface area contributed by atoms with Gasteiger partial charge in [-0.15, -0.1) is 0 Å². The van der Waals surface area contributed by atoms with Crippen LogP contribution in [-0.4, -0.2) is 41.8 Å². The maximum Gasteiger partial charge on any atom is 0.408 e. The van der Waals surface area contributed by atoms with E-state index in [2.05, 4.69) is 34.9 Å². The largest absolute Gasteiger partial charge is 0.481 e. The standard InChI is InChI=1S/C26H30N2O5/c29-23(30)13-2-1-7-16-27-24(31)26(14-8-15-26)28-25(32)33-17-22-20-11-5-3-9-18(20)19-10-4-6-12-21(19)22/h3-6,9-12,22H,1-2,7-8,13-17H2,(H,27,31)(H,28,32)(H,29,30). The number of nitrogens with one attached hydrogen (secondary N) is 2. The molecule has 1 fully saturated rings. The van der Waals surface area contributed by atoms with Crippen molar-refractivity contribution in [2.24, 2.45) is 0 Å². The second-order valence-corrected chi connectivity index (χ2v) is 8.85. The average Bonchev–Trinajstić information content (AvgIpc) is 3.10. The molecule has 33 heavy (non-hydrogen) atoms. The fourth-order valence-corrected chi connectivity index (χ4v) is 4.72. The molecule has 0 aromatic heterocycles. The Balaban J connectivity index is 1.29. The Bertz CT molecular complexity index is 985. The van der Waals surface area contributed by atoms with Crippen LogP contribution in [0.3, 0.4) is 0 Å². The van der Waals surface area contributed by atoms with Crippen LogP contribution in [0.2, 0.25) is 0 Å². The number of fused-ring (bicyclic) bond motifs is 3. The third-order valence-electron chi connectivity index (χ3n) is 6.68. The van der Waals surface area contributed by atoms with E-state index in [9.17, 15) is 14.4 Å². The summed E-state index contributed by atoms with van der Waals surface area (Å²) in [5.41, 5.74) is 3.71. The third kappa shape index (κ3) is 5.02. The summed E-state index contributed by atoms with van der Waals surface area (Å²) in [5.74, 6) is -1.03. The highest BCUT2D eigenvalue weighted by Gasteiger charge is 2.45. The van der Waals surface area contributed by atoms with E-state index < -0.39 is 17.6 Å². The van der Waals surface area contributed by atoms with E-state index in [0.29, 0.717) is 32.2 Å². The van der Waals surface area contributed by atoms with Crippen molar-refractivity contribution in [3.63, 3.8) is 0 Å². The second kappa shape index (κ2) is 10.1. The Labute approximate surface area is 193 Å². The summed E-state index contributed by atoms with van der Waals surface area (Å²) in [6.07, 6.45) is 3.64. The summed E-state index contributed by atoms with van der Waals surface area (Å²) in [7, 11) is 0. The molecule has 2 aromatic rings. The smallest absolute Gasteiger partial charge is 0.408 e. The monoisotopic (exact) mass is 450 g/mol. The average molecular weight is 451 g/mol. The number of alkyl carbamates (subject to hydrolysis) is 1. The first-order valence-electron chi connectivity index (χ1n) is 11.6. The quantitative estimate of drug-likeness (QED) is 0.471. The molecule has 0 radical (unpaired) electrons. The highest BCUT2D eigenvalue weighted by molar-refractivity contribution is 5.91. The number of carbonyl (C=O) groups is 3. The van der Waals surface area contributed by atoms with E-state index in [0.717, 1.165) is 24.0 Å². The summed E-state index contributed by atoms with van der Waals surface area (Å²) in [6, 6.07) is 16.3. The van der Waals surface area contributed by atoms with Gasteiger partial charge in [-0.2, -0.15) is 0 Å². The molecule has 1 saturated carbocycles. The van der Waals surface area contributed by atoms with Crippen molar-refractivity contribution in [1.29, 1.82) is 0 Å². The number of unbranched alkanes of at least 4 members (excludes halogenated alkanes) is 2. The van der Waals surface area contributed by atoms with Gasteiger partial charge in [0.15, 0.2) is 0 Å². The molecule has 7 nitrogen and oxygen atoms in total. The molecule has 3 N–H and O–H groups in total. The Hall–Kier alpha value is -3.35. The Morgan fingerprint density at radius 1 is 0.939 bits per heavy atom. The lowest BCUT2D eigenvalue weighted by Gasteiger charge is -2.40. The Morgan fingerprint density at radius 3 is 2.15 bits per heavy atom. The second-order valence-electron chi connectivity index (χ2n) is 8.85. The number of rotatable bonds is 10. The van der Waals surface area contributed by atoms with Gasteiger partial charge in [0.25, 0.3) is 0 Å². The van der Waals surface area contributed by atoms with Crippen LogP contribution < -0.4 is 10.6 Å². The zero-order valence-corrected chi connectivity index (χ0v) is 18.6. The summed E-state index contributed by atoms with van der Waals surface area (Å²) < 4.78 is 5.62. The number of carbonyl (C=O) groups excluding carboxylic acids is 2. The van der Waals surface area contributed by atoms with Gasteiger partial charge in [-0.3, -0.25) is 9.59 Å². The fourth-order valence-electron chi connectivity index (χ4n) is 4.72. The number of carboxylic acid groups (broad SMARTS) is 1. The van der Waals surface area contributed by atoms with Gasteiger partial charge in [0.2, 0.25) is 5.91 Å². The minimum Gasteiger partial charge on any atom is -0.481 e. The molecule has 0 saturated heterocycles. The van der Waals surface area contributed by atoms with Crippen LogP contribution in [0.1, 0.15) is 62.0 Å². The van der Waals surface area contributed by atoms with Crippen LogP contribution in [0, 0.1) is 0 Å². The lowest BCUT2D eigenvalue weighted by atomic mass is 9.76. The zero-order valence-electron chi connectivity index (χ0n) is 18.6. The maximum absolute atomic E-state index is 12.7. The first-order chi connectivity index (χ1) is 16.0. The van der Waals surface area contributed by atoms with Crippen LogP contribution in [0.15, 0.2) is 48.5 Å². The Kier molecular flexibility index (Phi) is 6.96. The van der Waals surface area contributed by atoms with Crippen molar-refractivity contribution in [2.75, 3.05) is 13.2 Å². The van der Waals surface area contributed by atoms with Crippen molar-refractivity contribution in [3.8, 4) is 11.1 Å². The fraction of sp³-hybridized carbons (Fsp3) is 0.423. The predicted molar refractivity (Wildman–Crippen MR) is 124 cm³/mol. The molecule has 0 atom stereocenters. The van der Waals surface area contributed by atoms with E-state index in [1.807, 2.05) is 24.3 Å². The van der Waals surface area contributed by atoms with Gasteiger partial charge >= 0.3 is 12.1 Å². The molecule has 0 bridgehead atoms. The first kappa shape index (κ1) is 22.8. The van der Waals surface area contributed by atoms with Gasteiger partial charge in [-0.05, 0) is 54.4 Å². The van der Waals surface area contributed by atoms with E-state index >= 15 is 0 Å². The topological polar surface area (TPSA) is 105 Å². The molecule has 0 spiro atoms. The highest BCUT2D eigenvalue weighted by atomic mass is 16.5. The summed E-state index contributed by atoms with van der Waals surface area (Å²) in [6.45, 7) is 0.674. The first-order valence-corrected chi connectivity index (χ1v) is 11.6. The normalized spacial score (nSPS) is 15.6. The van der Waals surface area contributed by atoms with E-state index in [1.165, 1.54) is 11.1 Å². The van der Waals surface area contributed by atoms with Gasteiger partial charge in [0, 0.05) is 18.9 Å². The number of amides is 2. The molecule has 0 heterocycles. The zero-order chi connectivity index (χ0) is 23.3. The lowest BCUT2D eigenvalue weighted by Crippen LogP contribution is -2.63. The van der Waals surface area contributed by atoms with Crippen molar-refractivity contribution >= 4 is 18.0 Å². The Morgan fingerprint density at radius 2 is 1.58 bits per heavy atom. The molecule has 2 aliphatic carbocycles. The van der Waals surface area contributed by atoms with E-state index in [1.54, 1.807) is 0 Å². The van der Waals surface area contributed by atoms with Crippen molar-refractivity contribution in [1.82, 2.24) is 10.6 Å². The third-order valence-corrected chi connectivity index (χ3v) is 6.68. The molecule has 2 aromatic carbocycles. The molecular weight excluding hydrogens is 420 g/mol. The molecule has 174 valence electrons. The van der Waals surface area contributed by atoms with E-state index in [4.69, 9.17) is 9.84 Å². The molecule has 0 aliphatic heterocycles. The van der Waals surface area contributed by atoms with Crippen LogP contribution >= 0.6 is 0 Å². The number of carboxylic acids is 1. The number of ether oxygens (including phenoxy) is 1. The van der Waals surface area contributed by atoms with Gasteiger partial charge in [0.1, 0.15) is 12.1 Å². The van der Waals surface area contributed by atoms with Gasteiger partial charge < -0.3 is 20.5 Å². The van der Waals surface area contributed by atoms with Gasteiger partial charge in [-0.1, -0.05) is 55.0 Å². The maximum atomic E-state index is 12.7. The number of benzene rings is 2. The van der Waals surface area contributed by atoms with Crippen molar-refractivity contribution in [2.45, 2.75) is 56.4 Å². The van der Waals surface area contributed by atoms with Crippen LogP contribution in [0.4, 0.5) is 4.79 Å². The number of aliphatic carboxylic acids is 1. The SMILES string of the molecule is O=C(O)CCCCCNC(=O)C1(NC(=O)OCC2c3ccccc3-c3ccccc32)CCC1. The van der Waals surface area contributed by atoms with Crippen LogP contribution in [-0.2, 0) is 14.3 Å². The van der Waals surface area contributed by atoms with Crippen molar-refractivity contribution in [3.05, 3.63) is 59.7 Å². The molecule has 2 amide bonds. The predicted octanol–water partition coefficient (Wildman–Crippen LogP) is 4.21. The number of hydrogen-bond acceptors (Lipinski definition) is 4. The number of hydrogen-bond donors (Lipinski definition) is 3. The summed E-state index contributed by atoms with van der Waals surface area (Å²) in [4.78, 5) is 35.9. The minimum absolute atomic E-state index is 0.0277. The molecular formula is C26H30N2O5. The van der Waals surface area contributed by atoms with Crippen LogP contribution in [0.5, 0.6) is 0 Å². The van der Waals surface area contributed by atoms with E-state index in [-0.39, 0.29) is 24.9 Å². The lowest BCUT2D eigenvalue weighted by molar-refractivity contribution is -0.137. The molecule has 2 aliphatic rings. The molecule has 7 heteroatoms. The highest BCUT2D eigenvalue weighted by Crippen LogP contribution is 2.44. The van der Waals surface area contributed by atoms with Crippen molar-refractivity contribution < 1.29 is 24.2 Å². The van der Waals surface area contributed by atoms with Crippen LogP contribution in [0.25, 0.3) is 11.1 Å². The summed E-state index contributed by atoms with van der Waals surface area (Å²) in [5, 5.41) is 14.4. The molecule has 0 unspecified atom stereocenters. The summed E-state index contributed by atoms with van der Waals surface area (Å²) >= 11 is 0. The molecule has 4 rings (SSSR count). The minimum atomic E-state index is -0.913. The van der Waals surface area contributed by atoms with Gasteiger partial charge in [0.05, 0.1) is 0 Å². The van der Waals surface area contributed by atoms with Gasteiger partial charge in [-0.25, -0.2) is 4.79 Å².